The van der Waals surface area contributed by atoms with E-state index >= 15 is 0 Å². The molecule has 2 amide bonds. The lowest BCUT2D eigenvalue weighted by molar-refractivity contribution is -0.128. The first-order chi connectivity index (χ1) is 15.8. The van der Waals surface area contributed by atoms with Gasteiger partial charge in [0.1, 0.15) is 16.4 Å². The molecule has 0 atom stereocenters. The van der Waals surface area contributed by atoms with Crippen molar-refractivity contribution in [3.05, 3.63) is 59.6 Å². The minimum atomic E-state index is -1.14. The lowest BCUT2D eigenvalue weighted by atomic mass is 10.1. The normalized spacial score (nSPS) is 13.4. The lowest BCUT2D eigenvalue weighted by Crippen LogP contribution is -2.42. The molecule has 1 fully saturated rings. The third-order valence-electron chi connectivity index (χ3n) is 4.88. The Kier molecular flexibility index (Phi) is 7.26. The van der Waals surface area contributed by atoms with Gasteiger partial charge in [-0.1, -0.05) is 65.0 Å². The third kappa shape index (κ3) is 6.50. The summed E-state index contributed by atoms with van der Waals surface area (Å²) in [5.41, 5.74) is 0.416. The number of hydrogen-bond donors (Lipinski definition) is 2. The minimum Gasteiger partial charge on any atom is -0.478 e. The van der Waals surface area contributed by atoms with Crippen LogP contribution in [-0.2, 0) is 9.59 Å². The zero-order chi connectivity index (χ0) is 23.4. The first kappa shape index (κ1) is 23.6. The van der Waals surface area contributed by atoms with Crippen molar-refractivity contribution in [2.45, 2.75) is 42.7 Å². The summed E-state index contributed by atoms with van der Waals surface area (Å²) in [4.78, 5) is 29.9. The van der Waals surface area contributed by atoms with E-state index in [-0.39, 0.29) is 17.6 Å². The number of amides is 2. The summed E-state index contributed by atoms with van der Waals surface area (Å²) in [6, 6.07) is 16.8. The van der Waals surface area contributed by atoms with Gasteiger partial charge in [0.15, 0.2) is 9.94 Å². The van der Waals surface area contributed by atoms with Gasteiger partial charge in [0.05, 0.1) is 5.75 Å². The van der Waals surface area contributed by atoms with Gasteiger partial charge in [0, 0.05) is 16.6 Å². The van der Waals surface area contributed by atoms with Crippen LogP contribution in [-0.4, -0.2) is 34.2 Å². The van der Waals surface area contributed by atoms with Crippen molar-refractivity contribution in [3.63, 3.8) is 0 Å². The molecule has 0 saturated heterocycles. The van der Waals surface area contributed by atoms with Crippen molar-refractivity contribution in [1.29, 1.82) is 0 Å². The molecular formula is C24H24ClN3O3S2. The van der Waals surface area contributed by atoms with E-state index in [0.29, 0.717) is 31.8 Å². The molecule has 1 saturated carbocycles. The summed E-state index contributed by atoms with van der Waals surface area (Å²) < 4.78 is 6.63. The highest BCUT2D eigenvalue weighted by atomic mass is 35.5. The minimum absolute atomic E-state index is 0.00189. The molecule has 4 rings (SSSR count). The van der Waals surface area contributed by atoms with E-state index in [0.717, 1.165) is 18.4 Å². The monoisotopic (exact) mass is 501 g/mol. The van der Waals surface area contributed by atoms with Gasteiger partial charge < -0.3 is 15.4 Å². The van der Waals surface area contributed by atoms with E-state index in [1.807, 2.05) is 30.3 Å². The molecule has 2 aromatic carbocycles. The summed E-state index contributed by atoms with van der Waals surface area (Å²) in [6.45, 7) is 3.41. The van der Waals surface area contributed by atoms with Gasteiger partial charge in [-0.15, -0.1) is 0 Å². The number of benzene rings is 2. The van der Waals surface area contributed by atoms with E-state index < -0.39 is 5.60 Å². The van der Waals surface area contributed by atoms with E-state index in [2.05, 4.69) is 10.6 Å². The number of rotatable bonds is 9. The summed E-state index contributed by atoms with van der Waals surface area (Å²) in [7, 11) is 0. The molecule has 1 aliphatic rings. The number of carbonyl (C=O) groups is 2. The standard InChI is InChI=1S/C24H24ClN3O3S2/c1-24(2,31-18-12-8-16(25)9-13-18)22(30)28-21-20(15-6-4-3-5-7-15)27-23(33-21)32-14-19(29)26-17-10-11-17/h3-9,12-13,17H,10-11,14H2,1-2H3,(H,26,29)(H,28,30). The van der Waals surface area contributed by atoms with Crippen molar-refractivity contribution in [3.8, 4) is 17.0 Å². The molecule has 1 heterocycles. The maximum Gasteiger partial charge on any atom is 0.268 e. The summed E-state index contributed by atoms with van der Waals surface area (Å²) in [5, 5.41) is 7.17. The van der Waals surface area contributed by atoms with Gasteiger partial charge in [-0.3, -0.25) is 9.59 Å². The summed E-state index contributed by atoms with van der Waals surface area (Å²) >= 11 is 8.65. The van der Waals surface area contributed by atoms with Crippen molar-refractivity contribution in [2.24, 2.45) is 0 Å². The molecule has 6 nitrogen and oxygen atoms in total. The number of anilines is 1. The number of thiazole rings is 1. The third-order valence-corrected chi connectivity index (χ3v) is 7.25. The van der Waals surface area contributed by atoms with Crippen LogP contribution < -0.4 is 15.4 Å². The van der Waals surface area contributed by atoms with Crippen molar-refractivity contribution < 1.29 is 14.3 Å². The average Bonchev–Trinajstić information content (AvgIpc) is 3.51. The van der Waals surface area contributed by atoms with Gasteiger partial charge >= 0.3 is 0 Å². The van der Waals surface area contributed by atoms with Gasteiger partial charge in [-0.05, 0) is 51.0 Å². The zero-order valence-corrected chi connectivity index (χ0v) is 20.7. The van der Waals surface area contributed by atoms with Gasteiger partial charge in [0.25, 0.3) is 5.91 Å². The van der Waals surface area contributed by atoms with Crippen molar-refractivity contribution in [1.82, 2.24) is 10.3 Å². The first-order valence-electron chi connectivity index (χ1n) is 10.5. The fraction of sp³-hybridized carbons (Fsp3) is 0.292. The molecule has 33 heavy (non-hydrogen) atoms. The molecule has 1 aliphatic carbocycles. The number of hydrogen-bond acceptors (Lipinski definition) is 6. The highest BCUT2D eigenvalue weighted by molar-refractivity contribution is 8.01. The van der Waals surface area contributed by atoms with Crippen LogP contribution >= 0.6 is 34.7 Å². The lowest BCUT2D eigenvalue weighted by Gasteiger charge is -2.25. The number of nitrogens with zero attached hydrogens (tertiary/aromatic N) is 1. The second-order valence-electron chi connectivity index (χ2n) is 8.17. The Morgan fingerprint density at radius 3 is 2.52 bits per heavy atom. The van der Waals surface area contributed by atoms with Gasteiger partial charge in [-0.25, -0.2) is 4.98 Å². The van der Waals surface area contributed by atoms with E-state index in [4.69, 9.17) is 21.3 Å². The Labute approximate surface area is 206 Å². The molecule has 172 valence electrons. The number of thioether (sulfide) groups is 1. The highest BCUT2D eigenvalue weighted by Crippen LogP contribution is 2.38. The molecular weight excluding hydrogens is 478 g/mol. The number of nitrogens with one attached hydrogen (secondary N) is 2. The maximum absolute atomic E-state index is 13.1. The van der Waals surface area contributed by atoms with Crippen LogP contribution in [0.1, 0.15) is 26.7 Å². The number of aromatic nitrogens is 1. The van der Waals surface area contributed by atoms with Crippen LogP contribution in [0.4, 0.5) is 5.00 Å². The zero-order valence-electron chi connectivity index (χ0n) is 18.3. The molecule has 0 unspecified atom stereocenters. The molecule has 9 heteroatoms. The SMILES string of the molecule is CC(C)(Oc1ccc(Cl)cc1)C(=O)Nc1sc(SCC(=O)NC2CC2)nc1-c1ccccc1. The largest absolute Gasteiger partial charge is 0.478 e. The fourth-order valence-corrected chi connectivity index (χ4v) is 4.96. The van der Waals surface area contributed by atoms with Crippen molar-refractivity contribution in [2.75, 3.05) is 11.1 Å². The van der Waals surface area contributed by atoms with E-state index in [1.165, 1.54) is 23.1 Å². The van der Waals surface area contributed by atoms with Crippen LogP contribution in [0.15, 0.2) is 58.9 Å². The van der Waals surface area contributed by atoms with Gasteiger partial charge in [0.2, 0.25) is 5.91 Å². The Morgan fingerprint density at radius 1 is 1.15 bits per heavy atom. The first-order valence-corrected chi connectivity index (χ1v) is 12.7. The average molecular weight is 502 g/mol. The molecule has 1 aromatic heterocycles. The summed E-state index contributed by atoms with van der Waals surface area (Å²) in [6.07, 6.45) is 2.10. The smallest absolute Gasteiger partial charge is 0.268 e. The number of ether oxygens (including phenoxy) is 1. The Morgan fingerprint density at radius 2 is 1.85 bits per heavy atom. The second-order valence-corrected chi connectivity index (χ2v) is 10.8. The van der Waals surface area contributed by atoms with Crippen LogP contribution in [0, 0.1) is 0 Å². The van der Waals surface area contributed by atoms with Crippen LogP contribution in [0.5, 0.6) is 5.75 Å². The Bertz CT molecular complexity index is 1130. The topological polar surface area (TPSA) is 80.3 Å². The van der Waals surface area contributed by atoms with E-state index in [9.17, 15) is 9.59 Å². The number of carbonyl (C=O) groups excluding carboxylic acids is 2. The molecule has 0 bridgehead atoms. The molecule has 3 aromatic rings. The fourth-order valence-electron chi connectivity index (χ4n) is 2.96. The van der Waals surface area contributed by atoms with Crippen molar-refractivity contribution >= 4 is 51.5 Å². The predicted octanol–water partition coefficient (Wildman–Crippen LogP) is 5.63. The molecule has 0 aliphatic heterocycles. The van der Waals surface area contributed by atoms with Crippen LogP contribution in [0.25, 0.3) is 11.3 Å². The van der Waals surface area contributed by atoms with Gasteiger partial charge in [-0.2, -0.15) is 0 Å². The van der Waals surface area contributed by atoms with Crippen LogP contribution in [0.2, 0.25) is 5.02 Å². The number of halogens is 1. The molecule has 2 N–H and O–H groups in total. The Hall–Kier alpha value is -2.55. The van der Waals surface area contributed by atoms with E-state index in [1.54, 1.807) is 38.1 Å². The Balaban J connectivity index is 1.50. The molecule has 0 spiro atoms. The highest BCUT2D eigenvalue weighted by Gasteiger charge is 2.32. The summed E-state index contributed by atoms with van der Waals surface area (Å²) in [5.74, 6) is 0.532. The van der Waals surface area contributed by atoms with Crippen LogP contribution in [0.3, 0.4) is 0 Å². The quantitative estimate of drug-likeness (QED) is 0.371. The molecule has 0 radical (unpaired) electrons. The second kappa shape index (κ2) is 10.2. The predicted molar refractivity (Wildman–Crippen MR) is 134 cm³/mol. The maximum atomic E-state index is 13.1.